The van der Waals surface area contributed by atoms with Gasteiger partial charge in [-0.3, -0.25) is 15.0 Å². The van der Waals surface area contributed by atoms with Crippen LogP contribution in [0, 0.1) is 34.5 Å². The predicted octanol–water partition coefficient (Wildman–Crippen LogP) is 3.71. The number of carbonyl (C=O) groups excluding carboxylic acids is 3. The van der Waals surface area contributed by atoms with E-state index in [-0.39, 0.29) is 42.0 Å². The van der Waals surface area contributed by atoms with Crippen LogP contribution in [0.15, 0.2) is 0 Å². The number of ether oxygens (including phenoxy) is 1. The third kappa shape index (κ3) is 7.57. The van der Waals surface area contributed by atoms with E-state index in [1.54, 1.807) is 4.90 Å². The number of hydrogen-bond acceptors (Lipinski definition) is 6. The summed E-state index contributed by atoms with van der Waals surface area (Å²) in [7, 11) is 0. The van der Waals surface area contributed by atoms with E-state index in [9.17, 15) is 14.4 Å². The lowest BCUT2D eigenvalue weighted by atomic mass is 9.71. The summed E-state index contributed by atoms with van der Waals surface area (Å²) < 4.78 is 5.41. The van der Waals surface area contributed by atoms with Crippen molar-refractivity contribution in [2.24, 2.45) is 34.8 Å². The molecule has 9 nitrogen and oxygen atoms in total. The molecule has 1 aliphatic heterocycles. The topological polar surface area (TPSA) is 138 Å². The Morgan fingerprint density at radius 3 is 2.32 bits per heavy atom. The molecule has 5 N–H and O–H groups in total. The van der Waals surface area contributed by atoms with Gasteiger partial charge in [-0.15, -0.1) is 0 Å². The molecular weight excluding hydrogens is 502 g/mol. The Hall–Kier alpha value is -1.97. The maximum Gasteiger partial charge on any atom is 0.407 e. The van der Waals surface area contributed by atoms with Crippen molar-refractivity contribution in [3.63, 3.8) is 0 Å². The number of carbonyl (C=O) groups is 3. The van der Waals surface area contributed by atoms with Crippen LogP contribution in [-0.2, 0) is 14.3 Å². The maximum absolute atomic E-state index is 14.1. The van der Waals surface area contributed by atoms with Crippen LogP contribution in [0.5, 0.6) is 0 Å². The number of nitrogens with one attached hydrogen (secondary N) is 3. The maximum atomic E-state index is 14.1. The number of amides is 3. The monoisotopic (exact) mass is 551 g/mol. The SMILES string of the molecule is CC(C)COC(=O)NC(C(=O)N1CCC[C@H]1C(=O)NCC1CCC(C(=N)N)CC1)C(C)(CS)C1CCCC1. The number of rotatable bonds is 11. The third-order valence-electron chi connectivity index (χ3n) is 9.03. The molecule has 2 unspecified atom stereocenters. The molecule has 1 heterocycles. The van der Waals surface area contributed by atoms with Crippen LogP contribution < -0.4 is 16.4 Å². The third-order valence-corrected chi connectivity index (χ3v) is 9.72. The second kappa shape index (κ2) is 13.9. The zero-order chi connectivity index (χ0) is 27.9. The normalized spacial score (nSPS) is 26.6. The highest BCUT2D eigenvalue weighted by Gasteiger charge is 2.49. The van der Waals surface area contributed by atoms with E-state index in [1.165, 1.54) is 0 Å². The van der Waals surface area contributed by atoms with Crippen molar-refractivity contribution in [3.8, 4) is 0 Å². The molecule has 3 atom stereocenters. The summed E-state index contributed by atoms with van der Waals surface area (Å²) in [6.07, 6.45) is 8.61. The quantitative estimate of drug-likeness (QED) is 0.151. The minimum atomic E-state index is -0.807. The Labute approximate surface area is 233 Å². The summed E-state index contributed by atoms with van der Waals surface area (Å²) >= 11 is 4.67. The first-order valence-electron chi connectivity index (χ1n) is 14.5. The molecule has 2 saturated carbocycles. The van der Waals surface area contributed by atoms with E-state index in [0.29, 0.717) is 31.2 Å². The highest BCUT2D eigenvalue weighted by atomic mass is 32.1. The molecule has 3 aliphatic rings. The van der Waals surface area contributed by atoms with E-state index in [1.807, 2.05) is 20.8 Å². The van der Waals surface area contributed by atoms with Gasteiger partial charge in [-0.1, -0.05) is 33.6 Å². The largest absolute Gasteiger partial charge is 0.449 e. The molecule has 0 aromatic rings. The summed E-state index contributed by atoms with van der Waals surface area (Å²) in [4.78, 5) is 41.9. The molecule has 216 valence electrons. The minimum absolute atomic E-state index is 0.126. The van der Waals surface area contributed by atoms with Gasteiger partial charge in [0.2, 0.25) is 11.8 Å². The first-order valence-corrected chi connectivity index (χ1v) is 15.2. The fraction of sp³-hybridized carbons (Fsp3) is 0.857. The smallest absolute Gasteiger partial charge is 0.407 e. The van der Waals surface area contributed by atoms with E-state index < -0.39 is 23.6 Å². The number of nitrogens with zero attached hydrogens (tertiary/aromatic N) is 1. The van der Waals surface area contributed by atoms with Crippen LogP contribution in [0.2, 0.25) is 0 Å². The molecule has 0 bridgehead atoms. The molecule has 0 aromatic heterocycles. The van der Waals surface area contributed by atoms with E-state index in [0.717, 1.165) is 57.8 Å². The second-order valence-electron chi connectivity index (χ2n) is 12.3. The molecule has 0 spiro atoms. The summed E-state index contributed by atoms with van der Waals surface area (Å²) in [6, 6.07) is -1.35. The van der Waals surface area contributed by atoms with Gasteiger partial charge in [0.15, 0.2) is 0 Å². The van der Waals surface area contributed by atoms with E-state index in [2.05, 4.69) is 23.3 Å². The van der Waals surface area contributed by atoms with Crippen molar-refractivity contribution in [1.82, 2.24) is 15.5 Å². The van der Waals surface area contributed by atoms with Gasteiger partial charge in [0.1, 0.15) is 12.1 Å². The van der Waals surface area contributed by atoms with Gasteiger partial charge < -0.3 is 26.0 Å². The average Bonchev–Trinajstić information content (AvgIpc) is 3.62. The molecule has 3 fully saturated rings. The van der Waals surface area contributed by atoms with Crippen LogP contribution in [0.3, 0.4) is 0 Å². The minimum Gasteiger partial charge on any atom is -0.449 e. The van der Waals surface area contributed by atoms with Crippen molar-refractivity contribution >= 4 is 36.4 Å². The van der Waals surface area contributed by atoms with Crippen molar-refractivity contribution in [2.45, 2.75) is 97.1 Å². The molecule has 2 aliphatic carbocycles. The van der Waals surface area contributed by atoms with E-state index >= 15 is 0 Å². The van der Waals surface area contributed by atoms with Gasteiger partial charge in [-0.05, 0) is 74.9 Å². The Balaban J connectivity index is 1.69. The number of likely N-dealkylation sites (tertiary alicyclic amines) is 1. The molecule has 10 heteroatoms. The highest BCUT2D eigenvalue weighted by Crippen LogP contribution is 2.44. The predicted molar refractivity (Wildman–Crippen MR) is 152 cm³/mol. The van der Waals surface area contributed by atoms with Gasteiger partial charge in [0, 0.05) is 24.4 Å². The summed E-state index contributed by atoms with van der Waals surface area (Å²) in [6.45, 7) is 7.32. The molecular formula is C28H49N5O4S. The molecule has 1 saturated heterocycles. The lowest BCUT2D eigenvalue weighted by molar-refractivity contribution is -0.143. The molecule has 3 amide bonds. The Kier molecular flexibility index (Phi) is 11.2. The van der Waals surface area contributed by atoms with Crippen LogP contribution in [0.25, 0.3) is 0 Å². The lowest BCUT2D eigenvalue weighted by Crippen LogP contribution is -2.61. The Morgan fingerprint density at radius 2 is 1.74 bits per heavy atom. The van der Waals surface area contributed by atoms with Crippen molar-refractivity contribution < 1.29 is 19.1 Å². The van der Waals surface area contributed by atoms with Crippen LogP contribution in [0.1, 0.15) is 85.0 Å². The van der Waals surface area contributed by atoms with Crippen molar-refractivity contribution in [2.75, 3.05) is 25.4 Å². The molecule has 0 radical (unpaired) electrons. The number of hydrogen-bond donors (Lipinski definition) is 5. The molecule has 3 rings (SSSR count). The molecule has 38 heavy (non-hydrogen) atoms. The van der Waals surface area contributed by atoms with Gasteiger partial charge >= 0.3 is 6.09 Å². The number of thiol groups is 1. The number of amidine groups is 1. The average molecular weight is 552 g/mol. The van der Waals surface area contributed by atoms with Crippen molar-refractivity contribution in [3.05, 3.63) is 0 Å². The van der Waals surface area contributed by atoms with Crippen LogP contribution >= 0.6 is 12.6 Å². The number of alkyl carbamates (subject to hydrolysis) is 1. The van der Waals surface area contributed by atoms with Gasteiger partial charge in [0.05, 0.1) is 12.4 Å². The second-order valence-corrected chi connectivity index (χ2v) is 12.6. The first kappa shape index (κ1) is 30.6. The summed E-state index contributed by atoms with van der Waals surface area (Å²) in [5.74, 6) is 1.34. The van der Waals surface area contributed by atoms with Gasteiger partial charge in [-0.25, -0.2) is 4.79 Å². The fourth-order valence-electron chi connectivity index (χ4n) is 6.46. The van der Waals surface area contributed by atoms with Crippen LogP contribution in [-0.4, -0.2) is 66.2 Å². The summed E-state index contributed by atoms with van der Waals surface area (Å²) in [5, 5.41) is 13.7. The Morgan fingerprint density at radius 1 is 1.08 bits per heavy atom. The summed E-state index contributed by atoms with van der Waals surface area (Å²) in [5.41, 5.74) is 5.11. The van der Waals surface area contributed by atoms with Gasteiger partial charge in [-0.2, -0.15) is 12.6 Å². The van der Waals surface area contributed by atoms with Crippen LogP contribution in [0.4, 0.5) is 4.79 Å². The van der Waals surface area contributed by atoms with Crippen molar-refractivity contribution in [1.29, 1.82) is 5.41 Å². The number of nitrogens with two attached hydrogens (primary N) is 1. The van der Waals surface area contributed by atoms with Gasteiger partial charge in [0.25, 0.3) is 0 Å². The lowest BCUT2D eigenvalue weighted by Gasteiger charge is -2.42. The van der Waals surface area contributed by atoms with E-state index in [4.69, 9.17) is 15.9 Å². The molecule has 0 aromatic carbocycles. The standard InChI is InChI=1S/C28H49N5O4S/c1-18(2)16-37-27(36)32-23(28(3,17-38)21-7-4-5-8-21)26(35)33-14-6-9-22(33)25(34)31-15-19-10-12-20(13-11-19)24(29)30/h18-23,38H,4-17H2,1-3H3,(H3,29,30)(H,31,34)(H,32,36)/t19?,20?,22-,23?,28?/m0/s1. The highest BCUT2D eigenvalue weighted by molar-refractivity contribution is 7.80. The zero-order valence-electron chi connectivity index (χ0n) is 23.5. The fourth-order valence-corrected chi connectivity index (χ4v) is 6.90. The Bertz CT molecular complexity index is 841. The zero-order valence-corrected chi connectivity index (χ0v) is 24.4. The first-order chi connectivity index (χ1) is 18.1.